The molecule has 0 atom stereocenters. The summed E-state index contributed by atoms with van der Waals surface area (Å²) in [4.78, 5) is 26.7. The Kier molecular flexibility index (Phi) is 7.42. The summed E-state index contributed by atoms with van der Waals surface area (Å²) in [5, 5.41) is 2.81. The van der Waals surface area contributed by atoms with Crippen LogP contribution in [0.25, 0.3) is 0 Å². The van der Waals surface area contributed by atoms with Gasteiger partial charge in [0.25, 0.3) is 22.0 Å². The van der Waals surface area contributed by atoms with Crippen LogP contribution in [0.1, 0.15) is 34.6 Å². The van der Waals surface area contributed by atoms with Gasteiger partial charge in [-0.05, 0) is 36.4 Å². The molecule has 2 aromatic carbocycles. The number of nitrogens with one attached hydrogen (secondary N) is 1. The molecule has 1 aliphatic heterocycles. The number of carbonyl (C=O) groups is 2. The van der Waals surface area contributed by atoms with E-state index in [2.05, 4.69) is 5.32 Å². The van der Waals surface area contributed by atoms with Crippen LogP contribution in [-0.2, 0) is 10.2 Å². The van der Waals surface area contributed by atoms with E-state index in [9.17, 15) is 18.0 Å². The molecule has 0 bridgehead atoms. The minimum atomic E-state index is -3.49. The van der Waals surface area contributed by atoms with E-state index in [0.717, 1.165) is 0 Å². The summed E-state index contributed by atoms with van der Waals surface area (Å²) in [7, 11) is -3.49. The van der Waals surface area contributed by atoms with Gasteiger partial charge in [0.05, 0.1) is 0 Å². The Labute approximate surface area is 183 Å². The van der Waals surface area contributed by atoms with E-state index in [-0.39, 0.29) is 24.9 Å². The fourth-order valence-electron chi connectivity index (χ4n) is 3.51. The molecule has 0 spiro atoms. The van der Waals surface area contributed by atoms with Gasteiger partial charge in [-0.3, -0.25) is 9.59 Å². The Hall–Kier alpha value is -2.75. The Balaban J connectivity index is 1.58. The number of rotatable bonds is 7. The Morgan fingerprint density at radius 1 is 0.871 bits per heavy atom. The van der Waals surface area contributed by atoms with Crippen molar-refractivity contribution in [3.63, 3.8) is 0 Å². The normalized spacial score (nSPS) is 15.1. The second-order valence-electron chi connectivity index (χ2n) is 7.18. The molecule has 3 rings (SSSR count). The van der Waals surface area contributed by atoms with Crippen molar-refractivity contribution in [1.82, 2.24) is 13.5 Å². The lowest BCUT2D eigenvalue weighted by atomic mass is 10.1. The van der Waals surface area contributed by atoms with Gasteiger partial charge in [0.1, 0.15) is 0 Å². The van der Waals surface area contributed by atoms with Crippen molar-refractivity contribution in [3.05, 3.63) is 65.7 Å². The van der Waals surface area contributed by atoms with Crippen molar-refractivity contribution < 1.29 is 18.0 Å². The van der Waals surface area contributed by atoms with Crippen LogP contribution in [0.2, 0.25) is 0 Å². The average molecular weight is 445 g/mol. The molecule has 166 valence electrons. The number of nitrogens with zero attached hydrogens (tertiary/aromatic N) is 3. The van der Waals surface area contributed by atoms with Crippen LogP contribution >= 0.6 is 0 Å². The number of hydrogen-bond acceptors (Lipinski definition) is 4. The number of piperazine rings is 1. The summed E-state index contributed by atoms with van der Waals surface area (Å²) in [6.07, 6.45) is 0. The molecule has 0 unspecified atom stereocenters. The molecule has 31 heavy (non-hydrogen) atoms. The van der Waals surface area contributed by atoms with Crippen molar-refractivity contribution >= 4 is 27.7 Å². The second-order valence-corrected chi connectivity index (χ2v) is 9.11. The van der Waals surface area contributed by atoms with Gasteiger partial charge in [-0.25, -0.2) is 0 Å². The minimum Gasteiger partial charge on any atom is -0.336 e. The summed E-state index contributed by atoms with van der Waals surface area (Å²) >= 11 is 0. The number of benzene rings is 2. The highest BCUT2D eigenvalue weighted by molar-refractivity contribution is 7.86. The molecular weight excluding hydrogens is 416 g/mol. The van der Waals surface area contributed by atoms with Gasteiger partial charge in [-0.2, -0.15) is 17.0 Å². The van der Waals surface area contributed by atoms with Gasteiger partial charge in [-0.15, -0.1) is 0 Å². The Morgan fingerprint density at radius 2 is 1.45 bits per heavy atom. The van der Waals surface area contributed by atoms with E-state index < -0.39 is 10.2 Å². The number of amides is 2. The highest BCUT2D eigenvalue weighted by Crippen LogP contribution is 2.16. The summed E-state index contributed by atoms with van der Waals surface area (Å²) in [5.74, 6) is -0.369. The standard InChI is InChI=1S/C22H28N4O4S/c1-3-25(4-2)31(29,30)26-16-14-24(15-17-26)22(28)19-10-12-20(13-11-19)23-21(27)18-8-6-5-7-9-18/h5-13H,3-4,14-17H2,1-2H3,(H,23,27). The molecule has 1 N–H and O–H groups in total. The lowest BCUT2D eigenvalue weighted by molar-refractivity contribution is 0.0694. The topological polar surface area (TPSA) is 90.0 Å². The molecule has 8 nitrogen and oxygen atoms in total. The smallest absolute Gasteiger partial charge is 0.282 e. The van der Waals surface area contributed by atoms with Crippen LogP contribution in [0.3, 0.4) is 0 Å². The first-order valence-electron chi connectivity index (χ1n) is 10.4. The van der Waals surface area contributed by atoms with Crippen LogP contribution in [0.4, 0.5) is 5.69 Å². The van der Waals surface area contributed by atoms with E-state index in [4.69, 9.17) is 0 Å². The average Bonchev–Trinajstić information content (AvgIpc) is 2.80. The van der Waals surface area contributed by atoms with Gasteiger partial charge in [0.2, 0.25) is 0 Å². The zero-order chi connectivity index (χ0) is 22.4. The van der Waals surface area contributed by atoms with Crippen molar-refractivity contribution in [2.24, 2.45) is 0 Å². The fourth-order valence-corrected chi connectivity index (χ4v) is 5.11. The second kappa shape index (κ2) is 10.0. The van der Waals surface area contributed by atoms with Crippen molar-refractivity contribution in [1.29, 1.82) is 0 Å². The van der Waals surface area contributed by atoms with Crippen LogP contribution in [0.5, 0.6) is 0 Å². The van der Waals surface area contributed by atoms with Crippen LogP contribution in [0, 0.1) is 0 Å². The minimum absolute atomic E-state index is 0.152. The molecule has 0 aromatic heterocycles. The third-order valence-electron chi connectivity index (χ3n) is 5.31. The van der Waals surface area contributed by atoms with Crippen LogP contribution in [0.15, 0.2) is 54.6 Å². The summed E-state index contributed by atoms with van der Waals surface area (Å²) in [6, 6.07) is 15.6. The molecule has 1 saturated heterocycles. The molecular formula is C22H28N4O4S. The first-order chi connectivity index (χ1) is 14.9. The third-order valence-corrected chi connectivity index (χ3v) is 7.50. The monoisotopic (exact) mass is 444 g/mol. The van der Waals surface area contributed by atoms with Crippen molar-refractivity contribution in [3.8, 4) is 0 Å². The zero-order valence-corrected chi connectivity index (χ0v) is 18.6. The first-order valence-corrected chi connectivity index (χ1v) is 11.8. The zero-order valence-electron chi connectivity index (χ0n) is 17.8. The highest BCUT2D eigenvalue weighted by Gasteiger charge is 2.32. The number of hydrogen-bond donors (Lipinski definition) is 1. The molecule has 0 saturated carbocycles. The third kappa shape index (κ3) is 5.30. The fraction of sp³-hybridized carbons (Fsp3) is 0.364. The molecule has 2 amide bonds. The quantitative estimate of drug-likeness (QED) is 0.710. The van der Waals surface area contributed by atoms with Crippen molar-refractivity contribution in [2.75, 3.05) is 44.6 Å². The van der Waals surface area contributed by atoms with Crippen molar-refractivity contribution in [2.45, 2.75) is 13.8 Å². The maximum Gasteiger partial charge on any atom is 0.282 e. The highest BCUT2D eigenvalue weighted by atomic mass is 32.2. The van der Waals surface area contributed by atoms with Gasteiger partial charge >= 0.3 is 0 Å². The SMILES string of the molecule is CCN(CC)S(=O)(=O)N1CCN(C(=O)c2ccc(NC(=O)c3ccccc3)cc2)CC1. The Morgan fingerprint density at radius 3 is 2.00 bits per heavy atom. The molecule has 2 aromatic rings. The lowest BCUT2D eigenvalue weighted by Gasteiger charge is -2.36. The maximum atomic E-state index is 12.8. The summed E-state index contributed by atoms with van der Waals surface area (Å²) in [6.45, 7) is 5.69. The van der Waals surface area contributed by atoms with E-state index >= 15 is 0 Å². The molecule has 1 fully saturated rings. The van der Waals surface area contributed by atoms with E-state index in [0.29, 0.717) is 43.0 Å². The molecule has 9 heteroatoms. The number of anilines is 1. The predicted octanol–water partition coefficient (Wildman–Crippen LogP) is 2.28. The predicted molar refractivity (Wildman–Crippen MR) is 120 cm³/mol. The summed E-state index contributed by atoms with van der Waals surface area (Å²) in [5.41, 5.74) is 1.65. The molecule has 0 aliphatic carbocycles. The largest absolute Gasteiger partial charge is 0.336 e. The summed E-state index contributed by atoms with van der Waals surface area (Å²) < 4.78 is 28.1. The van der Waals surface area contributed by atoms with Gasteiger partial charge in [0, 0.05) is 56.1 Å². The first kappa shape index (κ1) is 22.9. The number of carbonyl (C=O) groups excluding carboxylic acids is 2. The van der Waals surface area contributed by atoms with Gasteiger partial charge in [-0.1, -0.05) is 32.0 Å². The van der Waals surface area contributed by atoms with Gasteiger partial charge < -0.3 is 10.2 Å². The molecule has 1 aliphatic rings. The van der Waals surface area contributed by atoms with Crippen LogP contribution < -0.4 is 5.32 Å². The van der Waals surface area contributed by atoms with E-state index in [1.54, 1.807) is 53.4 Å². The Bertz CT molecular complexity index is 998. The van der Waals surface area contributed by atoms with E-state index in [1.165, 1.54) is 8.61 Å². The van der Waals surface area contributed by atoms with Gasteiger partial charge in [0.15, 0.2) is 0 Å². The maximum absolute atomic E-state index is 12.8. The van der Waals surface area contributed by atoms with E-state index in [1.807, 2.05) is 19.9 Å². The lowest BCUT2D eigenvalue weighted by Crippen LogP contribution is -2.54. The molecule has 1 heterocycles. The van der Waals surface area contributed by atoms with Crippen LogP contribution in [-0.4, -0.2) is 73.0 Å². The molecule has 0 radical (unpaired) electrons.